The van der Waals surface area contributed by atoms with Crippen LogP contribution in [0.15, 0.2) is 54.2 Å². The average molecular weight is 394 g/mol. The quantitative estimate of drug-likeness (QED) is 0.467. The number of hydrogen-bond acceptors (Lipinski definition) is 6. The van der Waals surface area contributed by atoms with Gasteiger partial charge >= 0.3 is 11.9 Å². The van der Waals surface area contributed by atoms with Crippen molar-refractivity contribution >= 4 is 29.2 Å². The molecule has 0 radical (unpaired) electrons. The minimum absolute atomic E-state index is 0.255. The number of nitrogens with one attached hydrogen (secondary N) is 2. The van der Waals surface area contributed by atoms with Crippen LogP contribution < -0.4 is 10.6 Å². The Morgan fingerprint density at radius 2 is 1.69 bits per heavy atom. The zero-order chi connectivity index (χ0) is 21.2. The summed E-state index contributed by atoms with van der Waals surface area (Å²) in [5, 5.41) is 5.72. The van der Waals surface area contributed by atoms with Gasteiger partial charge in [0.05, 0.1) is 0 Å². The number of benzene rings is 2. The lowest BCUT2D eigenvalue weighted by molar-refractivity contribution is -0.222. The van der Waals surface area contributed by atoms with Crippen LogP contribution in [-0.2, 0) is 19.1 Å². The summed E-state index contributed by atoms with van der Waals surface area (Å²) in [5.74, 6) is -3.12. The molecule has 0 aliphatic carbocycles. The third-order valence-corrected chi connectivity index (χ3v) is 4.25. The van der Waals surface area contributed by atoms with Crippen LogP contribution in [0.25, 0.3) is 0 Å². The highest BCUT2D eigenvalue weighted by Gasteiger charge is 2.38. The molecule has 2 aromatic carbocycles. The van der Waals surface area contributed by atoms with Gasteiger partial charge in [0.15, 0.2) is 5.57 Å². The van der Waals surface area contributed by atoms with Gasteiger partial charge < -0.3 is 20.1 Å². The van der Waals surface area contributed by atoms with E-state index in [1.54, 1.807) is 24.3 Å². The summed E-state index contributed by atoms with van der Waals surface area (Å²) in [6.45, 7) is 6.87. The fourth-order valence-electron chi connectivity index (χ4n) is 2.83. The second-order valence-electron chi connectivity index (χ2n) is 7.23. The summed E-state index contributed by atoms with van der Waals surface area (Å²) in [5.41, 5.74) is 3.50. The molecule has 7 heteroatoms. The van der Waals surface area contributed by atoms with Crippen molar-refractivity contribution in [3.05, 3.63) is 70.9 Å². The fraction of sp³-hybridized carbons (Fsp3) is 0.227. The number of amides is 1. The van der Waals surface area contributed by atoms with Crippen molar-refractivity contribution in [1.29, 1.82) is 0 Å². The standard InChI is InChI=1S/C22H22N2O5/c1-13-8-9-18(14(2)10-13)24-19(25)15-6-5-7-16(11-15)23-12-17-20(26)28-22(3,4)29-21(17)27/h5-12,23H,1-4H3,(H,24,25). The molecule has 1 heterocycles. The molecule has 2 aromatic rings. The van der Waals surface area contributed by atoms with E-state index in [-0.39, 0.29) is 11.5 Å². The topological polar surface area (TPSA) is 93.7 Å². The number of carbonyl (C=O) groups excluding carboxylic acids is 3. The fourth-order valence-corrected chi connectivity index (χ4v) is 2.83. The van der Waals surface area contributed by atoms with E-state index >= 15 is 0 Å². The molecule has 0 aromatic heterocycles. The van der Waals surface area contributed by atoms with Crippen LogP contribution in [0.1, 0.15) is 35.3 Å². The van der Waals surface area contributed by atoms with Gasteiger partial charge in [-0.1, -0.05) is 23.8 Å². The first-order chi connectivity index (χ1) is 13.6. The van der Waals surface area contributed by atoms with Crippen LogP contribution >= 0.6 is 0 Å². The number of ether oxygens (including phenoxy) is 2. The van der Waals surface area contributed by atoms with E-state index in [2.05, 4.69) is 10.6 Å². The van der Waals surface area contributed by atoms with Gasteiger partial charge in [0.2, 0.25) is 0 Å². The van der Waals surface area contributed by atoms with E-state index < -0.39 is 17.7 Å². The molecule has 150 valence electrons. The highest BCUT2D eigenvalue weighted by atomic mass is 16.7. The summed E-state index contributed by atoms with van der Waals surface area (Å²) in [4.78, 5) is 36.5. The highest BCUT2D eigenvalue weighted by molar-refractivity contribution is 6.15. The molecule has 7 nitrogen and oxygen atoms in total. The summed E-state index contributed by atoms with van der Waals surface area (Å²) >= 11 is 0. The first kappa shape index (κ1) is 20.1. The second kappa shape index (κ2) is 7.79. The molecular weight excluding hydrogens is 372 g/mol. The van der Waals surface area contributed by atoms with Crippen LogP contribution in [0.2, 0.25) is 0 Å². The Morgan fingerprint density at radius 3 is 2.34 bits per heavy atom. The molecule has 0 saturated carbocycles. The third kappa shape index (κ3) is 4.82. The van der Waals surface area contributed by atoms with Crippen LogP contribution in [0.4, 0.5) is 11.4 Å². The maximum absolute atomic E-state index is 12.6. The molecule has 0 spiro atoms. The maximum Gasteiger partial charge on any atom is 0.350 e. The summed E-state index contributed by atoms with van der Waals surface area (Å²) < 4.78 is 10.1. The Labute approximate surface area is 168 Å². The van der Waals surface area contributed by atoms with Crippen molar-refractivity contribution in [3.8, 4) is 0 Å². The van der Waals surface area contributed by atoms with E-state index in [1.165, 1.54) is 20.0 Å². The number of hydrogen-bond donors (Lipinski definition) is 2. The van der Waals surface area contributed by atoms with Crippen LogP contribution in [0.3, 0.4) is 0 Å². The predicted molar refractivity (Wildman–Crippen MR) is 108 cm³/mol. The predicted octanol–water partition coefficient (Wildman–Crippen LogP) is 3.69. The van der Waals surface area contributed by atoms with E-state index in [1.807, 2.05) is 32.0 Å². The van der Waals surface area contributed by atoms with E-state index in [0.29, 0.717) is 11.3 Å². The lowest BCUT2D eigenvalue weighted by Gasteiger charge is -2.29. The normalized spacial score (nSPS) is 15.2. The van der Waals surface area contributed by atoms with Crippen molar-refractivity contribution in [2.45, 2.75) is 33.5 Å². The van der Waals surface area contributed by atoms with Crippen molar-refractivity contribution in [3.63, 3.8) is 0 Å². The highest BCUT2D eigenvalue weighted by Crippen LogP contribution is 2.23. The van der Waals surface area contributed by atoms with Crippen LogP contribution in [0, 0.1) is 13.8 Å². The van der Waals surface area contributed by atoms with E-state index in [0.717, 1.165) is 16.8 Å². The zero-order valence-electron chi connectivity index (χ0n) is 16.7. The first-order valence-corrected chi connectivity index (χ1v) is 9.07. The molecule has 1 aliphatic heterocycles. The number of anilines is 2. The number of esters is 2. The van der Waals surface area contributed by atoms with Gasteiger partial charge in [-0.25, -0.2) is 9.59 Å². The minimum atomic E-state index is -1.29. The molecule has 1 saturated heterocycles. The van der Waals surface area contributed by atoms with E-state index in [4.69, 9.17) is 9.47 Å². The number of cyclic esters (lactones) is 2. The molecule has 1 fully saturated rings. The molecule has 1 amide bonds. The van der Waals surface area contributed by atoms with Gasteiger partial charge in [0.25, 0.3) is 11.7 Å². The van der Waals surface area contributed by atoms with Crippen molar-refractivity contribution in [2.75, 3.05) is 10.6 Å². The molecule has 0 atom stereocenters. The molecule has 2 N–H and O–H groups in total. The summed E-state index contributed by atoms with van der Waals surface area (Å²) in [6.07, 6.45) is 1.21. The lowest BCUT2D eigenvalue weighted by Crippen LogP contribution is -2.42. The number of rotatable bonds is 4. The molecule has 1 aliphatic rings. The largest absolute Gasteiger partial charge is 0.419 e. The maximum atomic E-state index is 12.6. The Kier molecular flexibility index (Phi) is 5.41. The van der Waals surface area contributed by atoms with Crippen LogP contribution in [0.5, 0.6) is 0 Å². The van der Waals surface area contributed by atoms with Crippen molar-refractivity contribution < 1.29 is 23.9 Å². The average Bonchev–Trinajstić information content (AvgIpc) is 2.62. The molecule has 3 rings (SSSR count). The van der Waals surface area contributed by atoms with Gasteiger partial charge in [-0.2, -0.15) is 0 Å². The van der Waals surface area contributed by atoms with Gasteiger partial charge in [-0.05, 0) is 43.7 Å². The second-order valence-corrected chi connectivity index (χ2v) is 7.23. The Morgan fingerprint density at radius 1 is 1.00 bits per heavy atom. The molecule has 29 heavy (non-hydrogen) atoms. The lowest BCUT2D eigenvalue weighted by atomic mass is 10.1. The molecule has 0 unspecified atom stereocenters. The third-order valence-electron chi connectivity index (χ3n) is 4.25. The molecular formula is C22H22N2O5. The number of aryl methyl sites for hydroxylation is 2. The minimum Gasteiger partial charge on any atom is -0.419 e. The molecule has 0 bridgehead atoms. The zero-order valence-corrected chi connectivity index (χ0v) is 16.7. The Balaban J connectivity index is 1.73. The number of carbonyl (C=O) groups is 3. The van der Waals surface area contributed by atoms with Crippen molar-refractivity contribution in [1.82, 2.24) is 0 Å². The van der Waals surface area contributed by atoms with Gasteiger partial charge in [-0.15, -0.1) is 0 Å². The Bertz CT molecular complexity index is 1000. The van der Waals surface area contributed by atoms with Gasteiger partial charge in [-0.3, -0.25) is 4.79 Å². The van der Waals surface area contributed by atoms with Crippen LogP contribution in [-0.4, -0.2) is 23.6 Å². The Hall–Kier alpha value is -3.61. The first-order valence-electron chi connectivity index (χ1n) is 9.07. The monoisotopic (exact) mass is 394 g/mol. The summed E-state index contributed by atoms with van der Waals surface area (Å²) in [6, 6.07) is 12.5. The van der Waals surface area contributed by atoms with Gasteiger partial charge in [0, 0.05) is 37.0 Å². The van der Waals surface area contributed by atoms with Crippen molar-refractivity contribution in [2.24, 2.45) is 0 Å². The summed E-state index contributed by atoms with van der Waals surface area (Å²) in [7, 11) is 0. The van der Waals surface area contributed by atoms with Gasteiger partial charge in [0.1, 0.15) is 0 Å². The SMILES string of the molecule is Cc1ccc(NC(=O)c2cccc(NC=C3C(=O)OC(C)(C)OC3=O)c2)c(C)c1. The smallest absolute Gasteiger partial charge is 0.350 e. The van der Waals surface area contributed by atoms with E-state index in [9.17, 15) is 14.4 Å².